The molecule has 0 aromatic carbocycles. The molecule has 1 rings (SSSR count). The first-order valence-electron chi connectivity index (χ1n) is 4.80. The van der Waals surface area contributed by atoms with Gasteiger partial charge in [-0.25, -0.2) is 13.4 Å². The van der Waals surface area contributed by atoms with E-state index in [1.54, 1.807) is 6.92 Å². The van der Waals surface area contributed by atoms with Gasteiger partial charge in [0.1, 0.15) is 5.69 Å². The highest BCUT2D eigenvalue weighted by atomic mass is 32.2. The summed E-state index contributed by atoms with van der Waals surface area (Å²) in [5, 5.41) is 1.07. The highest BCUT2D eigenvalue weighted by Crippen LogP contribution is 2.16. The van der Waals surface area contributed by atoms with E-state index in [-0.39, 0.29) is 11.6 Å². The standard InChI is InChI=1S/C10H13N3O3S/c1-7(3-6-17(2,15)16)8-9(10(11)14)13-5-4-12-8/h3-7H,1-2H3,(H2,11,14)/b6-3+/t7-/m1/s1. The molecule has 0 bridgehead atoms. The van der Waals surface area contributed by atoms with Crippen LogP contribution in [-0.4, -0.2) is 30.5 Å². The molecular formula is C10H13N3O3S. The van der Waals surface area contributed by atoms with Gasteiger partial charge in [0, 0.05) is 30.0 Å². The summed E-state index contributed by atoms with van der Waals surface area (Å²) >= 11 is 0. The minimum Gasteiger partial charge on any atom is -0.364 e. The monoisotopic (exact) mass is 255 g/mol. The lowest BCUT2D eigenvalue weighted by Crippen LogP contribution is -2.17. The normalized spacial score (nSPS) is 13.8. The topological polar surface area (TPSA) is 103 Å². The van der Waals surface area contributed by atoms with E-state index in [0.717, 1.165) is 11.7 Å². The lowest BCUT2D eigenvalue weighted by atomic mass is 10.1. The van der Waals surface area contributed by atoms with E-state index in [4.69, 9.17) is 5.73 Å². The Morgan fingerprint density at radius 2 is 2.00 bits per heavy atom. The summed E-state index contributed by atoms with van der Waals surface area (Å²) in [6.45, 7) is 1.71. The number of hydrogen-bond donors (Lipinski definition) is 1. The average molecular weight is 255 g/mol. The van der Waals surface area contributed by atoms with Gasteiger partial charge in [-0.3, -0.25) is 9.78 Å². The molecule has 0 spiro atoms. The summed E-state index contributed by atoms with van der Waals surface area (Å²) in [5.41, 5.74) is 5.57. The van der Waals surface area contributed by atoms with Gasteiger partial charge in [-0.15, -0.1) is 0 Å². The quantitative estimate of drug-likeness (QED) is 0.829. The van der Waals surface area contributed by atoms with Gasteiger partial charge >= 0.3 is 0 Å². The number of amides is 1. The van der Waals surface area contributed by atoms with E-state index in [9.17, 15) is 13.2 Å². The zero-order valence-electron chi connectivity index (χ0n) is 9.49. The zero-order chi connectivity index (χ0) is 13.1. The molecule has 0 radical (unpaired) electrons. The Kier molecular flexibility index (Phi) is 3.95. The molecule has 0 saturated carbocycles. The summed E-state index contributed by atoms with van der Waals surface area (Å²) in [5.74, 6) is -1.05. The van der Waals surface area contributed by atoms with Crippen LogP contribution >= 0.6 is 0 Å². The van der Waals surface area contributed by atoms with E-state index >= 15 is 0 Å². The fourth-order valence-corrected chi connectivity index (χ4v) is 1.74. The smallest absolute Gasteiger partial charge is 0.269 e. The number of allylic oxidation sites excluding steroid dienone is 1. The van der Waals surface area contributed by atoms with Gasteiger partial charge in [-0.05, 0) is 0 Å². The Morgan fingerprint density at radius 1 is 1.41 bits per heavy atom. The Morgan fingerprint density at radius 3 is 2.53 bits per heavy atom. The van der Waals surface area contributed by atoms with E-state index in [1.165, 1.54) is 18.5 Å². The van der Waals surface area contributed by atoms with Crippen LogP contribution in [0.25, 0.3) is 0 Å². The van der Waals surface area contributed by atoms with E-state index < -0.39 is 15.7 Å². The third-order valence-electron chi connectivity index (χ3n) is 2.01. The van der Waals surface area contributed by atoms with E-state index in [1.807, 2.05) is 0 Å². The number of rotatable bonds is 4. The van der Waals surface area contributed by atoms with Gasteiger partial charge in [0.05, 0.1) is 5.69 Å². The summed E-state index contributed by atoms with van der Waals surface area (Å²) < 4.78 is 21.9. The van der Waals surface area contributed by atoms with E-state index in [0.29, 0.717) is 5.69 Å². The van der Waals surface area contributed by atoms with Crippen molar-refractivity contribution in [3.63, 3.8) is 0 Å². The second kappa shape index (κ2) is 5.05. The lowest BCUT2D eigenvalue weighted by molar-refractivity contribution is 0.0994. The SMILES string of the molecule is C[C@H](/C=C/S(C)(=O)=O)c1nccnc1C(N)=O. The molecular weight excluding hydrogens is 242 g/mol. The molecule has 0 unspecified atom stereocenters. The molecule has 0 fully saturated rings. The number of hydrogen-bond acceptors (Lipinski definition) is 5. The van der Waals surface area contributed by atoms with Crippen LogP contribution in [0.4, 0.5) is 0 Å². The van der Waals surface area contributed by atoms with Crippen molar-refractivity contribution in [1.82, 2.24) is 9.97 Å². The third-order valence-corrected chi connectivity index (χ3v) is 2.66. The Bertz CT molecular complexity index is 552. The first-order chi connectivity index (χ1) is 7.81. The molecule has 0 saturated heterocycles. The Labute approximate surface area is 99.5 Å². The van der Waals surface area contributed by atoms with Gasteiger partial charge in [0.15, 0.2) is 9.84 Å². The predicted molar refractivity (Wildman–Crippen MR) is 62.9 cm³/mol. The number of sulfone groups is 1. The highest BCUT2D eigenvalue weighted by molar-refractivity contribution is 7.93. The Hall–Kier alpha value is -1.76. The molecule has 1 aromatic heterocycles. The summed E-state index contributed by atoms with van der Waals surface area (Å²) in [6.07, 6.45) is 5.30. The summed E-state index contributed by atoms with van der Waals surface area (Å²) in [7, 11) is -3.21. The number of carbonyl (C=O) groups is 1. The molecule has 1 amide bonds. The van der Waals surface area contributed by atoms with Crippen LogP contribution in [0.1, 0.15) is 29.0 Å². The van der Waals surface area contributed by atoms with Crippen molar-refractivity contribution in [3.8, 4) is 0 Å². The van der Waals surface area contributed by atoms with Crippen LogP contribution < -0.4 is 5.73 Å². The summed E-state index contributed by atoms with van der Waals surface area (Å²) in [6, 6.07) is 0. The molecule has 7 heteroatoms. The van der Waals surface area contributed by atoms with Crippen molar-refractivity contribution < 1.29 is 13.2 Å². The van der Waals surface area contributed by atoms with Crippen molar-refractivity contribution in [2.24, 2.45) is 5.73 Å². The van der Waals surface area contributed by atoms with Crippen LogP contribution in [0.3, 0.4) is 0 Å². The molecule has 6 nitrogen and oxygen atoms in total. The maximum Gasteiger partial charge on any atom is 0.269 e. The number of primary amides is 1. The average Bonchev–Trinajstić information content (AvgIpc) is 2.25. The predicted octanol–water partition coefficient (Wildman–Crippen LogP) is 0.237. The van der Waals surface area contributed by atoms with Gasteiger partial charge in [-0.2, -0.15) is 0 Å². The fraction of sp³-hybridized carbons (Fsp3) is 0.300. The molecule has 1 heterocycles. The third kappa shape index (κ3) is 3.95. The van der Waals surface area contributed by atoms with Gasteiger partial charge < -0.3 is 5.73 Å². The molecule has 0 aliphatic heterocycles. The van der Waals surface area contributed by atoms with Gasteiger partial charge in [-0.1, -0.05) is 13.0 Å². The minimum atomic E-state index is -3.21. The number of aromatic nitrogens is 2. The summed E-state index contributed by atoms with van der Waals surface area (Å²) in [4.78, 5) is 18.9. The van der Waals surface area contributed by atoms with Crippen LogP contribution in [0.5, 0.6) is 0 Å². The van der Waals surface area contributed by atoms with Gasteiger partial charge in [0.2, 0.25) is 0 Å². The van der Waals surface area contributed by atoms with Crippen LogP contribution in [-0.2, 0) is 9.84 Å². The van der Waals surface area contributed by atoms with Crippen molar-refractivity contribution in [3.05, 3.63) is 35.3 Å². The molecule has 92 valence electrons. The van der Waals surface area contributed by atoms with Crippen LogP contribution in [0.15, 0.2) is 23.9 Å². The number of carbonyl (C=O) groups excluding carboxylic acids is 1. The van der Waals surface area contributed by atoms with Crippen molar-refractivity contribution >= 4 is 15.7 Å². The molecule has 1 aromatic rings. The largest absolute Gasteiger partial charge is 0.364 e. The highest BCUT2D eigenvalue weighted by Gasteiger charge is 2.15. The molecule has 17 heavy (non-hydrogen) atoms. The first kappa shape index (κ1) is 13.3. The van der Waals surface area contributed by atoms with Crippen molar-refractivity contribution in [1.29, 1.82) is 0 Å². The Balaban J connectivity index is 3.09. The molecule has 0 aliphatic carbocycles. The fourth-order valence-electron chi connectivity index (χ4n) is 1.22. The van der Waals surface area contributed by atoms with E-state index in [2.05, 4.69) is 9.97 Å². The maximum absolute atomic E-state index is 11.1. The second-order valence-electron chi connectivity index (χ2n) is 3.60. The number of nitrogens with two attached hydrogens (primary N) is 1. The van der Waals surface area contributed by atoms with Crippen LogP contribution in [0.2, 0.25) is 0 Å². The van der Waals surface area contributed by atoms with Crippen molar-refractivity contribution in [2.75, 3.05) is 6.26 Å². The first-order valence-corrected chi connectivity index (χ1v) is 6.75. The maximum atomic E-state index is 11.1. The lowest BCUT2D eigenvalue weighted by Gasteiger charge is -2.08. The van der Waals surface area contributed by atoms with Crippen LogP contribution in [0, 0.1) is 0 Å². The van der Waals surface area contributed by atoms with Crippen molar-refractivity contribution in [2.45, 2.75) is 12.8 Å². The zero-order valence-corrected chi connectivity index (χ0v) is 10.3. The molecule has 0 aliphatic rings. The number of nitrogens with zero attached hydrogens (tertiary/aromatic N) is 2. The second-order valence-corrected chi connectivity index (χ2v) is 5.53. The minimum absolute atomic E-state index is 0.0538. The van der Waals surface area contributed by atoms with Gasteiger partial charge in [0.25, 0.3) is 5.91 Å². The molecule has 1 atom stereocenters. The molecule has 2 N–H and O–H groups in total.